The Balaban J connectivity index is 2.17. The molecule has 0 radical (unpaired) electrons. The van der Waals surface area contributed by atoms with Gasteiger partial charge in [0.1, 0.15) is 5.75 Å². The van der Waals surface area contributed by atoms with Crippen LogP contribution in [0.4, 0.5) is 0 Å². The zero-order chi connectivity index (χ0) is 17.5. The third-order valence-corrected chi connectivity index (χ3v) is 3.31. The SMILES string of the molecule is COc1cc(/C=C/C(=O)Oc2cccc(C)c2)cc(OC)c1OC. The third kappa shape index (κ3) is 4.29. The van der Waals surface area contributed by atoms with Crippen molar-refractivity contribution in [1.29, 1.82) is 0 Å². The Bertz CT molecular complexity index is 724. The monoisotopic (exact) mass is 328 g/mol. The number of benzene rings is 2. The van der Waals surface area contributed by atoms with Gasteiger partial charge in [0.25, 0.3) is 0 Å². The molecule has 2 aromatic rings. The molecule has 0 unspecified atom stereocenters. The second-order valence-corrected chi connectivity index (χ2v) is 5.03. The molecule has 5 nitrogen and oxygen atoms in total. The van der Waals surface area contributed by atoms with Crippen LogP contribution >= 0.6 is 0 Å². The van der Waals surface area contributed by atoms with E-state index in [1.54, 1.807) is 30.3 Å². The fourth-order valence-corrected chi connectivity index (χ4v) is 2.19. The van der Waals surface area contributed by atoms with Crippen LogP contribution in [0, 0.1) is 6.92 Å². The molecular weight excluding hydrogens is 308 g/mol. The van der Waals surface area contributed by atoms with Crippen LogP contribution in [0.2, 0.25) is 0 Å². The van der Waals surface area contributed by atoms with E-state index in [0.717, 1.165) is 11.1 Å². The standard InChI is InChI=1S/C19H20O5/c1-13-6-5-7-15(10-13)24-18(20)9-8-14-11-16(21-2)19(23-4)17(12-14)22-3/h5-12H,1-4H3/b9-8+. The summed E-state index contributed by atoms with van der Waals surface area (Å²) in [6.07, 6.45) is 2.98. The number of rotatable bonds is 6. The van der Waals surface area contributed by atoms with Gasteiger partial charge in [-0.1, -0.05) is 12.1 Å². The average Bonchev–Trinajstić information content (AvgIpc) is 2.58. The topological polar surface area (TPSA) is 54.0 Å². The quantitative estimate of drug-likeness (QED) is 0.460. The van der Waals surface area contributed by atoms with E-state index in [4.69, 9.17) is 18.9 Å². The Morgan fingerprint density at radius 1 is 0.958 bits per heavy atom. The average molecular weight is 328 g/mol. The maximum absolute atomic E-state index is 11.9. The molecule has 0 aromatic heterocycles. The summed E-state index contributed by atoms with van der Waals surface area (Å²) in [5, 5.41) is 0. The lowest BCUT2D eigenvalue weighted by atomic mass is 10.1. The Labute approximate surface area is 141 Å². The number of carbonyl (C=O) groups excluding carboxylic acids is 1. The van der Waals surface area contributed by atoms with Gasteiger partial charge in [-0.2, -0.15) is 0 Å². The predicted molar refractivity (Wildman–Crippen MR) is 91.9 cm³/mol. The molecule has 0 atom stereocenters. The van der Waals surface area contributed by atoms with E-state index in [1.807, 2.05) is 19.1 Å². The fourth-order valence-electron chi connectivity index (χ4n) is 2.19. The number of aryl methyl sites for hydroxylation is 1. The Morgan fingerprint density at radius 3 is 2.17 bits per heavy atom. The normalized spacial score (nSPS) is 10.5. The van der Waals surface area contributed by atoms with Gasteiger partial charge < -0.3 is 18.9 Å². The lowest BCUT2D eigenvalue weighted by Gasteiger charge is -2.12. The van der Waals surface area contributed by atoms with Crippen LogP contribution in [0.5, 0.6) is 23.0 Å². The molecule has 2 rings (SSSR count). The first-order valence-electron chi connectivity index (χ1n) is 7.34. The summed E-state index contributed by atoms with van der Waals surface area (Å²) in [6, 6.07) is 10.8. The molecule has 0 N–H and O–H groups in total. The molecule has 0 amide bonds. The Hall–Kier alpha value is -2.95. The highest BCUT2D eigenvalue weighted by molar-refractivity contribution is 5.89. The van der Waals surface area contributed by atoms with Crippen LogP contribution in [0.1, 0.15) is 11.1 Å². The lowest BCUT2D eigenvalue weighted by Crippen LogP contribution is -2.03. The van der Waals surface area contributed by atoms with Crippen LogP contribution in [-0.4, -0.2) is 27.3 Å². The van der Waals surface area contributed by atoms with Crippen LogP contribution in [0.3, 0.4) is 0 Å². The van der Waals surface area contributed by atoms with Crippen molar-refractivity contribution in [1.82, 2.24) is 0 Å². The minimum atomic E-state index is -0.464. The van der Waals surface area contributed by atoms with Gasteiger partial charge in [-0.3, -0.25) is 0 Å². The van der Waals surface area contributed by atoms with Crippen molar-refractivity contribution in [3.63, 3.8) is 0 Å². The van der Waals surface area contributed by atoms with Crippen LogP contribution in [-0.2, 0) is 4.79 Å². The van der Waals surface area contributed by atoms with E-state index in [0.29, 0.717) is 23.0 Å². The molecule has 0 spiro atoms. The Morgan fingerprint density at radius 2 is 1.62 bits per heavy atom. The summed E-state index contributed by atoms with van der Waals surface area (Å²) in [7, 11) is 4.61. The second-order valence-electron chi connectivity index (χ2n) is 5.03. The van der Waals surface area contributed by atoms with Gasteiger partial charge in [0.2, 0.25) is 5.75 Å². The van der Waals surface area contributed by atoms with Crippen molar-refractivity contribution in [2.24, 2.45) is 0 Å². The van der Waals surface area contributed by atoms with E-state index in [1.165, 1.54) is 27.4 Å². The molecule has 24 heavy (non-hydrogen) atoms. The van der Waals surface area contributed by atoms with Gasteiger partial charge >= 0.3 is 5.97 Å². The number of methoxy groups -OCH3 is 3. The molecule has 126 valence electrons. The van der Waals surface area contributed by atoms with Crippen molar-refractivity contribution >= 4 is 12.0 Å². The lowest BCUT2D eigenvalue weighted by molar-refractivity contribution is -0.128. The van der Waals surface area contributed by atoms with Crippen molar-refractivity contribution < 1.29 is 23.7 Å². The molecule has 0 saturated heterocycles. The highest BCUT2D eigenvalue weighted by Crippen LogP contribution is 2.38. The molecule has 0 saturated carbocycles. The minimum absolute atomic E-state index is 0.464. The predicted octanol–water partition coefficient (Wildman–Crippen LogP) is 3.64. The third-order valence-electron chi connectivity index (χ3n) is 3.31. The zero-order valence-corrected chi connectivity index (χ0v) is 14.2. The summed E-state index contributed by atoms with van der Waals surface area (Å²) in [5.41, 5.74) is 1.75. The van der Waals surface area contributed by atoms with Crippen LogP contribution in [0.25, 0.3) is 6.08 Å². The number of esters is 1. The summed E-state index contributed by atoms with van der Waals surface area (Å²) in [6.45, 7) is 1.93. The molecule has 0 aliphatic carbocycles. The van der Waals surface area contributed by atoms with E-state index in [-0.39, 0.29) is 0 Å². The van der Waals surface area contributed by atoms with Crippen LogP contribution < -0.4 is 18.9 Å². The van der Waals surface area contributed by atoms with Crippen molar-refractivity contribution in [2.45, 2.75) is 6.92 Å². The van der Waals surface area contributed by atoms with Gasteiger partial charge in [-0.05, 0) is 48.4 Å². The maximum Gasteiger partial charge on any atom is 0.336 e. The first kappa shape index (κ1) is 17.4. The smallest absolute Gasteiger partial charge is 0.336 e. The largest absolute Gasteiger partial charge is 0.493 e. The minimum Gasteiger partial charge on any atom is -0.493 e. The molecule has 0 heterocycles. The number of ether oxygens (including phenoxy) is 4. The molecular formula is C19H20O5. The molecule has 0 aliphatic heterocycles. The van der Waals surface area contributed by atoms with Gasteiger partial charge in [0, 0.05) is 6.08 Å². The van der Waals surface area contributed by atoms with Gasteiger partial charge in [0.15, 0.2) is 11.5 Å². The van der Waals surface area contributed by atoms with Crippen molar-refractivity contribution in [3.05, 3.63) is 53.6 Å². The van der Waals surface area contributed by atoms with E-state index < -0.39 is 5.97 Å². The molecule has 0 bridgehead atoms. The van der Waals surface area contributed by atoms with Gasteiger partial charge in [-0.25, -0.2) is 4.79 Å². The van der Waals surface area contributed by atoms with E-state index in [2.05, 4.69) is 0 Å². The molecule has 2 aromatic carbocycles. The molecule has 0 aliphatic rings. The van der Waals surface area contributed by atoms with Crippen molar-refractivity contribution in [3.8, 4) is 23.0 Å². The van der Waals surface area contributed by atoms with Crippen molar-refractivity contribution in [2.75, 3.05) is 21.3 Å². The first-order chi connectivity index (χ1) is 11.6. The number of carbonyl (C=O) groups is 1. The highest BCUT2D eigenvalue weighted by Gasteiger charge is 2.12. The second kappa shape index (κ2) is 8.06. The summed E-state index contributed by atoms with van der Waals surface area (Å²) in [5.74, 6) is 1.58. The number of hydrogen-bond acceptors (Lipinski definition) is 5. The summed E-state index contributed by atoms with van der Waals surface area (Å²) < 4.78 is 21.1. The summed E-state index contributed by atoms with van der Waals surface area (Å²) >= 11 is 0. The molecule has 0 fully saturated rings. The summed E-state index contributed by atoms with van der Waals surface area (Å²) in [4.78, 5) is 11.9. The zero-order valence-electron chi connectivity index (χ0n) is 14.2. The van der Waals surface area contributed by atoms with E-state index in [9.17, 15) is 4.79 Å². The van der Waals surface area contributed by atoms with E-state index >= 15 is 0 Å². The Kier molecular flexibility index (Phi) is 5.84. The maximum atomic E-state index is 11.9. The number of hydrogen-bond donors (Lipinski definition) is 0. The van der Waals surface area contributed by atoms with Crippen LogP contribution in [0.15, 0.2) is 42.5 Å². The first-order valence-corrected chi connectivity index (χ1v) is 7.34. The molecule has 5 heteroatoms. The van der Waals surface area contributed by atoms with Gasteiger partial charge in [0.05, 0.1) is 21.3 Å². The fraction of sp³-hybridized carbons (Fsp3) is 0.211. The highest BCUT2D eigenvalue weighted by atomic mass is 16.5. The van der Waals surface area contributed by atoms with Gasteiger partial charge in [-0.15, -0.1) is 0 Å².